The minimum Gasteiger partial charge on any atom is -0.454 e. The number of amides is 1. The fourth-order valence-electron chi connectivity index (χ4n) is 3.74. The molecule has 0 aromatic heterocycles. The molecule has 2 aromatic rings. The maximum absolute atomic E-state index is 13.2. The van der Waals surface area contributed by atoms with E-state index in [0.717, 1.165) is 5.56 Å². The van der Waals surface area contributed by atoms with Gasteiger partial charge in [-0.2, -0.15) is 0 Å². The standard InChI is InChI=1S/C20H16BrNO6/c1-22-3-2-10-4-15-16(26-8-25-15)6-11(10)14(23)5-12-13(21)7-17-19(28-9-27-17)18(12)20(22)24/h4,6-7H,2-3,5,8-9H2,1H3. The summed E-state index contributed by atoms with van der Waals surface area (Å²) in [6, 6.07) is 5.32. The molecule has 0 aliphatic carbocycles. The Balaban J connectivity index is 1.68. The van der Waals surface area contributed by atoms with Crippen LogP contribution in [0.15, 0.2) is 22.7 Å². The molecule has 0 fully saturated rings. The second kappa shape index (κ2) is 6.41. The Morgan fingerprint density at radius 2 is 1.68 bits per heavy atom. The van der Waals surface area contributed by atoms with Gasteiger partial charge in [0.25, 0.3) is 5.91 Å². The molecule has 0 saturated heterocycles. The third-order valence-electron chi connectivity index (χ3n) is 5.23. The number of carbonyl (C=O) groups excluding carboxylic acids is 2. The summed E-state index contributed by atoms with van der Waals surface area (Å²) in [6.45, 7) is 0.637. The van der Waals surface area contributed by atoms with E-state index in [0.29, 0.717) is 57.1 Å². The molecule has 0 atom stereocenters. The third kappa shape index (κ3) is 2.63. The Kier molecular flexibility index (Phi) is 3.97. The fourth-order valence-corrected chi connectivity index (χ4v) is 4.28. The van der Waals surface area contributed by atoms with Gasteiger partial charge in [0.1, 0.15) is 0 Å². The van der Waals surface area contributed by atoms with Crippen molar-refractivity contribution in [2.24, 2.45) is 0 Å². The SMILES string of the molecule is CN1CCc2cc3c(cc2C(=O)Cc2c(Br)cc4c(c2C1=O)OCO4)OCO3. The lowest BCUT2D eigenvalue weighted by Gasteiger charge is -2.23. The van der Waals surface area contributed by atoms with E-state index in [1.165, 1.54) is 0 Å². The molecule has 0 unspecified atom stereocenters. The number of hydrogen-bond donors (Lipinski definition) is 0. The van der Waals surface area contributed by atoms with Crippen molar-refractivity contribution in [3.63, 3.8) is 0 Å². The quantitative estimate of drug-likeness (QED) is 0.620. The zero-order chi connectivity index (χ0) is 19.4. The predicted octanol–water partition coefficient (Wildman–Crippen LogP) is 2.96. The van der Waals surface area contributed by atoms with Crippen LogP contribution in [0.3, 0.4) is 0 Å². The Hall–Kier alpha value is -2.74. The van der Waals surface area contributed by atoms with Crippen molar-refractivity contribution in [2.45, 2.75) is 12.8 Å². The van der Waals surface area contributed by atoms with Gasteiger partial charge in [-0.15, -0.1) is 0 Å². The molecule has 0 radical (unpaired) electrons. The van der Waals surface area contributed by atoms with Gasteiger partial charge in [0.05, 0.1) is 5.56 Å². The molecule has 3 heterocycles. The van der Waals surface area contributed by atoms with Crippen LogP contribution >= 0.6 is 15.9 Å². The molecule has 0 spiro atoms. The minimum absolute atomic E-state index is 0.0511. The van der Waals surface area contributed by atoms with E-state index < -0.39 is 0 Å². The number of fused-ring (bicyclic) bond motifs is 5. The molecule has 5 rings (SSSR count). The van der Waals surface area contributed by atoms with Crippen LogP contribution in [0, 0.1) is 0 Å². The highest BCUT2D eigenvalue weighted by atomic mass is 79.9. The van der Waals surface area contributed by atoms with E-state index in [-0.39, 0.29) is 31.7 Å². The van der Waals surface area contributed by atoms with Crippen molar-refractivity contribution in [3.8, 4) is 23.0 Å². The van der Waals surface area contributed by atoms with Gasteiger partial charge in [-0.25, -0.2) is 0 Å². The lowest BCUT2D eigenvalue weighted by molar-refractivity contribution is 0.0790. The Morgan fingerprint density at radius 1 is 0.964 bits per heavy atom. The van der Waals surface area contributed by atoms with Crippen molar-refractivity contribution in [1.82, 2.24) is 4.90 Å². The normalized spacial score (nSPS) is 17.4. The van der Waals surface area contributed by atoms with Crippen LogP contribution in [0.1, 0.15) is 31.8 Å². The maximum atomic E-state index is 13.2. The van der Waals surface area contributed by atoms with E-state index in [4.69, 9.17) is 18.9 Å². The number of hydrogen-bond acceptors (Lipinski definition) is 6. The van der Waals surface area contributed by atoms with Gasteiger partial charge in [0, 0.05) is 30.0 Å². The molecular formula is C20H16BrNO6. The molecule has 28 heavy (non-hydrogen) atoms. The van der Waals surface area contributed by atoms with Crippen molar-refractivity contribution >= 4 is 27.6 Å². The summed E-state index contributed by atoms with van der Waals surface area (Å²) in [4.78, 5) is 28.0. The largest absolute Gasteiger partial charge is 0.454 e. The van der Waals surface area contributed by atoms with Gasteiger partial charge in [0.2, 0.25) is 13.6 Å². The first kappa shape index (κ1) is 17.4. The number of rotatable bonds is 0. The topological polar surface area (TPSA) is 74.3 Å². The lowest BCUT2D eigenvalue weighted by atomic mass is 9.92. The number of ether oxygens (including phenoxy) is 4. The highest BCUT2D eigenvalue weighted by Gasteiger charge is 2.32. The highest BCUT2D eigenvalue weighted by Crippen LogP contribution is 2.43. The van der Waals surface area contributed by atoms with Crippen molar-refractivity contribution in [2.75, 3.05) is 27.2 Å². The number of likely N-dealkylation sites (N-methyl/N-ethyl adjacent to an activating group) is 1. The molecule has 8 heteroatoms. The molecule has 3 aliphatic heterocycles. The molecule has 0 bridgehead atoms. The summed E-state index contributed by atoms with van der Waals surface area (Å²) in [5, 5.41) is 0. The van der Waals surface area contributed by atoms with Crippen molar-refractivity contribution < 1.29 is 28.5 Å². The van der Waals surface area contributed by atoms with E-state index in [1.54, 1.807) is 24.1 Å². The van der Waals surface area contributed by atoms with Crippen LogP contribution in [-0.4, -0.2) is 43.8 Å². The van der Waals surface area contributed by atoms with Crippen LogP contribution < -0.4 is 18.9 Å². The monoisotopic (exact) mass is 445 g/mol. The lowest BCUT2D eigenvalue weighted by Crippen LogP contribution is -2.31. The number of benzene rings is 2. The number of Topliss-reactive ketones (excluding diaryl/α,β-unsaturated/α-hetero) is 1. The molecule has 144 valence electrons. The van der Waals surface area contributed by atoms with E-state index >= 15 is 0 Å². The molecule has 7 nitrogen and oxygen atoms in total. The number of ketones is 1. The molecule has 2 aromatic carbocycles. The highest BCUT2D eigenvalue weighted by molar-refractivity contribution is 9.10. The predicted molar refractivity (Wildman–Crippen MR) is 102 cm³/mol. The molecule has 0 saturated carbocycles. The first-order valence-electron chi connectivity index (χ1n) is 8.85. The molecule has 0 N–H and O–H groups in total. The number of carbonyl (C=O) groups is 2. The van der Waals surface area contributed by atoms with Gasteiger partial charge in [-0.1, -0.05) is 15.9 Å². The number of halogens is 1. The van der Waals surface area contributed by atoms with Crippen LogP contribution in [0.4, 0.5) is 0 Å². The second-order valence-corrected chi connectivity index (χ2v) is 7.74. The zero-order valence-corrected chi connectivity index (χ0v) is 16.6. The minimum atomic E-state index is -0.199. The molecular weight excluding hydrogens is 430 g/mol. The van der Waals surface area contributed by atoms with Gasteiger partial charge in [-0.05, 0) is 35.7 Å². The fraction of sp³-hybridized carbons (Fsp3) is 0.300. The van der Waals surface area contributed by atoms with Crippen LogP contribution in [0.5, 0.6) is 23.0 Å². The summed E-state index contributed by atoms with van der Waals surface area (Å²) in [6.07, 6.45) is 0.585. The summed E-state index contributed by atoms with van der Waals surface area (Å²) < 4.78 is 22.6. The van der Waals surface area contributed by atoms with Crippen LogP contribution in [0.2, 0.25) is 0 Å². The van der Waals surface area contributed by atoms with E-state index in [9.17, 15) is 9.59 Å². The average Bonchev–Trinajstić information content (AvgIpc) is 3.32. The van der Waals surface area contributed by atoms with Gasteiger partial charge < -0.3 is 23.8 Å². The maximum Gasteiger partial charge on any atom is 0.257 e. The molecule has 1 amide bonds. The Labute approximate surface area is 169 Å². The first-order chi connectivity index (χ1) is 13.5. The van der Waals surface area contributed by atoms with Crippen molar-refractivity contribution in [3.05, 3.63) is 44.9 Å². The van der Waals surface area contributed by atoms with Gasteiger partial charge in [-0.3, -0.25) is 9.59 Å². The van der Waals surface area contributed by atoms with Gasteiger partial charge >= 0.3 is 0 Å². The molecule has 3 aliphatic rings. The van der Waals surface area contributed by atoms with Crippen molar-refractivity contribution in [1.29, 1.82) is 0 Å². The van der Waals surface area contributed by atoms with E-state index in [1.807, 2.05) is 6.07 Å². The van der Waals surface area contributed by atoms with Crippen LogP contribution in [0.25, 0.3) is 0 Å². The Morgan fingerprint density at radius 3 is 2.50 bits per heavy atom. The summed E-state index contributed by atoms with van der Waals surface area (Å²) in [7, 11) is 1.74. The summed E-state index contributed by atoms with van der Waals surface area (Å²) >= 11 is 3.50. The first-order valence-corrected chi connectivity index (χ1v) is 9.64. The summed E-state index contributed by atoms with van der Waals surface area (Å²) in [5.41, 5.74) is 2.40. The number of nitrogens with zero attached hydrogens (tertiary/aromatic N) is 1. The van der Waals surface area contributed by atoms with Crippen LogP contribution in [-0.2, 0) is 12.8 Å². The average molecular weight is 446 g/mol. The Bertz CT molecular complexity index is 1030. The zero-order valence-electron chi connectivity index (χ0n) is 15.0. The second-order valence-electron chi connectivity index (χ2n) is 6.89. The van der Waals surface area contributed by atoms with Gasteiger partial charge in [0.15, 0.2) is 28.8 Å². The smallest absolute Gasteiger partial charge is 0.257 e. The van der Waals surface area contributed by atoms with E-state index in [2.05, 4.69) is 15.9 Å². The third-order valence-corrected chi connectivity index (χ3v) is 5.94. The summed E-state index contributed by atoms with van der Waals surface area (Å²) in [5.74, 6) is 1.80.